The number of methoxy groups -OCH3 is 1. The molecule has 0 fully saturated rings. The lowest BCUT2D eigenvalue weighted by molar-refractivity contribution is -0.139. The number of hydrogen-bond acceptors (Lipinski definition) is 4. The predicted molar refractivity (Wildman–Crippen MR) is 79.0 cm³/mol. The summed E-state index contributed by atoms with van der Waals surface area (Å²) in [5.74, 6) is 0.376. The van der Waals surface area contributed by atoms with Crippen molar-refractivity contribution in [3.63, 3.8) is 0 Å². The van der Waals surface area contributed by atoms with Crippen LogP contribution in [0.1, 0.15) is 40.0 Å². The Balaban J connectivity index is 2.73. The van der Waals surface area contributed by atoms with Crippen LogP contribution in [0, 0.1) is 0 Å². The smallest absolute Gasteiger partial charge is 0.256 e. The largest absolute Gasteiger partial charge is 0.481 e. The minimum absolute atomic E-state index is 0.139. The van der Waals surface area contributed by atoms with E-state index in [1.807, 2.05) is 13.8 Å². The molecule has 112 valence electrons. The number of anilines is 1. The van der Waals surface area contributed by atoms with Crippen LogP contribution in [0.3, 0.4) is 0 Å². The first-order valence-corrected chi connectivity index (χ1v) is 7.01. The van der Waals surface area contributed by atoms with Crippen molar-refractivity contribution in [3.05, 3.63) is 18.3 Å². The molecule has 1 heterocycles. The maximum absolute atomic E-state index is 12.4. The molecule has 0 spiro atoms. The van der Waals surface area contributed by atoms with E-state index in [1.54, 1.807) is 25.4 Å². The molecule has 0 radical (unpaired) electrons. The molecule has 0 aromatic carbocycles. The molecule has 0 saturated heterocycles. The Morgan fingerprint density at radius 3 is 2.65 bits per heavy atom. The van der Waals surface area contributed by atoms with E-state index in [0.717, 1.165) is 12.8 Å². The summed E-state index contributed by atoms with van der Waals surface area (Å²) >= 11 is 0. The summed E-state index contributed by atoms with van der Waals surface area (Å²) in [6.07, 6.45) is 4.25. The topological polar surface area (TPSA) is 60.5 Å². The maximum Gasteiger partial charge on any atom is 0.256 e. The maximum atomic E-state index is 12.4. The number of ether oxygens (including phenoxy) is 2. The van der Waals surface area contributed by atoms with E-state index in [-0.39, 0.29) is 5.91 Å². The van der Waals surface area contributed by atoms with Crippen LogP contribution in [-0.2, 0) is 9.53 Å². The zero-order chi connectivity index (χ0) is 15.0. The summed E-state index contributed by atoms with van der Waals surface area (Å²) in [7, 11) is 1.55. The first-order chi connectivity index (χ1) is 9.55. The van der Waals surface area contributed by atoms with Crippen LogP contribution in [0.15, 0.2) is 18.3 Å². The predicted octanol–water partition coefficient (Wildman–Crippen LogP) is 3.01. The van der Waals surface area contributed by atoms with Gasteiger partial charge >= 0.3 is 0 Å². The van der Waals surface area contributed by atoms with E-state index in [1.165, 1.54) is 0 Å². The first kappa shape index (κ1) is 16.4. The number of nitrogens with zero attached hydrogens (tertiary/aromatic N) is 1. The molecule has 1 amide bonds. The van der Waals surface area contributed by atoms with Crippen molar-refractivity contribution >= 4 is 11.6 Å². The lowest BCUT2D eigenvalue weighted by Crippen LogP contribution is -2.42. The molecular formula is C15H24N2O3. The Labute approximate surface area is 120 Å². The Hall–Kier alpha value is -1.62. The van der Waals surface area contributed by atoms with Gasteiger partial charge in [-0.25, -0.2) is 4.98 Å². The van der Waals surface area contributed by atoms with Crippen molar-refractivity contribution in [1.82, 2.24) is 4.98 Å². The summed E-state index contributed by atoms with van der Waals surface area (Å²) < 4.78 is 10.6. The molecule has 1 aromatic rings. The average Bonchev–Trinajstić information content (AvgIpc) is 2.46. The molecule has 20 heavy (non-hydrogen) atoms. The molecule has 0 aliphatic carbocycles. The molecule has 5 nitrogen and oxygen atoms in total. The second kappa shape index (κ2) is 7.85. The fraction of sp³-hybridized carbons (Fsp3) is 0.600. The van der Waals surface area contributed by atoms with Crippen molar-refractivity contribution in [1.29, 1.82) is 0 Å². The Morgan fingerprint density at radius 1 is 1.40 bits per heavy atom. The molecule has 0 aliphatic rings. The van der Waals surface area contributed by atoms with Crippen LogP contribution in [0.5, 0.6) is 5.88 Å². The minimum atomic E-state index is -0.801. The molecule has 1 aromatic heterocycles. The van der Waals surface area contributed by atoms with E-state index in [2.05, 4.69) is 17.2 Å². The third-order valence-corrected chi connectivity index (χ3v) is 3.15. The lowest BCUT2D eigenvalue weighted by Gasteiger charge is -2.28. The van der Waals surface area contributed by atoms with Gasteiger partial charge in [-0.1, -0.05) is 19.8 Å². The normalized spacial score (nSPS) is 13.6. The van der Waals surface area contributed by atoms with Crippen LogP contribution < -0.4 is 10.1 Å². The van der Waals surface area contributed by atoms with Gasteiger partial charge in [0.15, 0.2) is 0 Å². The molecular weight excluding hydrogens is 256 g/mol. The van der Waals surface area contributed by atoms with Crippen LogP contribution in [-0.4, -0.2) is 30.2 Å². The van der Waals surface area contributed by atoms with Crippen LogP contribution in [0.2, 0.25) is 0 Å². The van der Waals surface area contributed by atoms with Crippen molar-refractivity contribution in [2.75, 3.05) is 19.0 Å². The van der Waals surface area contributed by atoms with Gasteiger partial charge in [-0.3, -0.25) is 4.79 Å². The fourth-order valence-electron chi connectivity index (χ4n) is 1.92. The summed E-state index contributed by atoms with van der Waals surface area (Å²) in [6.45, 7) is 6.33. The monoisotopic (exact) mass is 280 g/mol. The van der Waals surface area contributed by atoms with Gasteiger partial charge in [-0.2, -0.15) is 0 Å². The summed E-state index contributed by atoms with van der Waals surface area (Å²) in [5, 5.41) is 2.85. The number of rotatable bonds is 8. The van der Waals surface area contributed by atoms with Crippen LogP contribution in [0.4, 0.5) is 5.69 Å². The second-order valence-electron chi connectivity index (χ2n) is 4.81. The van der Waals surface area contributed by atoms with Crippen molar-refractivity contribution in [3.8, 4) is 5.88 Å². The highest BCUT2D eigenvalue weighted by Gasteiger charge is 2.33. The molecule has 5 heteroatoms. The van der Waals surface area contributed by atoms with Gasteiger partial charge in [0.25, 0.3) is 5.91 Å². The van der Waals surface area contributed by atoms with Gasteiger partial charge in [0.1, 0.15) is 5.60 Å². The van der Waals surface area contributed by atoms with Gasteiger partial charge in [-0.15, -0.1) is 0 Å². The van der Waals surface area contributed by atoms with Crippen molar-refractivity contribution in [2.24, 2.45) is 0 Å². The number of aromatic nitrogens is 1. The highest BCUT2D eigenvalue weighted by atomic mass is 16.5. The van der Waals surface area contributed by atoms with Gasteiger partial charge in [-0.05, 0) is 26.3 Å². The summed E-state index contributed by atoms with van der Waals surface area (Å²) in [5.41, 5.74) is -0.164. The van der Waals surface area contributed by atoms with Crippen molar-refractivity contribution < 1.29 is 14.3 Å². The number of carbonyl (C=O) groups is 1. The fourth-order valence-corrected chi connectivity index (χ4v) is 1.92. The molecule has 1 N–H and O–H groups in total. The minimum Gasteiger partial charge on any atom is -0.481 e. The third kappa shape index (κ3) is 4.49. The molecule has 1 atom stereocenters. The highest BCUT2D eigenvalue weighted by Crippen LogP contribution is 2.22. The van der Waals surface area contributed by atoms with Crippen LogP contribution in [0.25, 0.3) is 0 Å². The second-order valence-corrected chi connectivity index (χ2v) is 4.81. The van der Waals surface area contributed by atoms with Crippen LogP contribution >= 0.6 is 0 Å². The summed E-state index contributed by atoms with van der Waals surface area (Å²) in [4.78, 5) is 16.5. The standard InChI is InChI=1S/C15H24N2O3/c1-5-7-10-15(3,20-6-2)14(18)17-12-8-9-13(19-4)16-11-12/h8-9,11H,5-7,10H2,1-4H3,(H,17,18)/t15-/m0/s1. The number of amides is 1. The number of pyridine rings is 1. The lowest BCUT2D eigenvalue weighted by atomic mass is 9.97. The van der Waals surface area contributed by atoms with Gasteiger partial charge in [0, 0.05) is 12.7 Å². The Kier molecular flexibility index (Phi) is 6.45. The molecule has 1 rings (SSSR count). The van der Waals surface area contributed by atoms with E-state index in [0.29, 0.717) is 24.6 Å². The first-order valence-electron chi connectivity index (χ1n) is 7.01. The van der Waals surface area contributed by atoms with Gasteiger partial charge in [0.05, 0.1) is 19.0 Å². The summed E-state index contributed by atoms with van der Waals surface area (Å²) in [6, 6.07) is 3.47. The number of unbranched alkanes of at least 4 members (excludes halogenated alkanes) is 1. The molecule has 0 bridgehead atoms. The molecule has 0 unspecified atom stereocenters. The average molecular weight is 280 g/mol. The van der Waals surface area contributed by atoms with E-state index in [4.69, 9.17) is 9.47 Å². The highest BCUT2D eigenvalue weighted by molar-refractivity contribution is 5.96. The zero-order valence-electron chi connectivity index (χ0n) is 12.7. The molecule has 0 aliphatic heterocycles. The molecule has 0 saturated carbocycles. The number of carbonyl (C=O) groups excluding carboxylic acids is 1. The van der Waals surface area contributed by atoms with E-state index < -0.39 is 5.60 Å². The number of hydrogen-bond donors (Lipinski definition) is 1. The SMILES string of the molecule is CCCC[C@](C)(OCC)C(=O)Nc1ccc(OC)nc1. The van der Waals surface area contributed by atoms with E-state index >= 15 is 0 Å². The van der Waals surface area contributed by atoms with Gasteiger partial charge < -0.3 is 14.8 Å². The van der Waals surface area contributed by atoms with Crippen molar-refractivity contribution in [2.45, 2.75) is 45.6 Å². The van der Waals surface area contributed by atoms with Gasteiger partial charge in [0.2, 0.25) is 5.88 Å². The Morgan fingerprint density at radius 2 is 2.15 bits per heavy atom. The Bertz CT molecular complexity index is 420. The zero-order valence-corrected chi connectivity index (χ0v) is 12.7. The quantitative estimate of drug-likeness (QED) is 0.795. The van der Waals surface area contributed by atoms with E-state index in [9.17, 15) is 4.79 Å². The number of nitrogens with one attached hydrogen (secondary N) is 1. The third-order valence-electron chi connectivity index (χ3n) is 3.15.